The summed E-state index contributed by atoms with van der Waals surface area (Å²) in [5.74, 6) is -0.339. The molecule has 0 radical (unpaired) electrons. The molecule has 2 bridgehead atoms. The molecule has 128 valence electrons. The number of rotatable bonds is 8. The van der Waals surface area contributed by atoms with Crippen LogP contribution in [0.25, 0.3) is 0 Å². The molecule has 1 amide bonds. The molecule has 5 nitrogen and oxygen atoms in total. The highest BCUT2D eigenvalue weighted by atomic mass is 32.2. The van der Waals surface area contributed by atoms with E-state index in [0.717, 1.165) is 23.5 Å². The maximum atomic E-state index is 12.3. The van der Waals surface area contributed by atoms with Gasteiger partial charge < -0.3 is 0 Å². The average Bonchev–Trinajstić information content (AvgIpc) is 2.52. The molecule has 1 aliphatic rings. The standard InChI is InChI=1S/C17H25NO4S/c1-3-5-6-7-8-10-14-11-12-15-13-16(14)23(20,21)22-18(15)17(19)9-4-2/h11-13H,3-10H2,1-2H3. The van der Waals surface area contributed by atoms with Gasteiger partial charge >= 0.3 is 10.1 Å². The molecule has 0 fully saturated rings. The van der Waals surface area contributed by atoms with Crippen molar-refractivity contribution in [2.45, 2.75) is 70.1 Å². The van der Waals surface area contributed by atoms with Crippen LogP contribution in [0.3, 0.4) is 0 Å². The number of benzene rings is 1. The Morgan fingerprint density at radius 2 is 1.83 bits per heavy atom. The quantitative estimate of drug-likeness (QED) is 0.672. The van der Waals surface area contributed by atoms with Crippen LogP contribution in [0.5, 0.6) is 0 Å². The summed E-state index contributed by atoms with van der Waals surface area (Å²) in [5.41, 5.74) is 1.26. The summed E-state index contributed by atoms with van der Waals surface area (Å²) in [5, 5.41) is 0.900. The third kappa shape index (κ3) is 4.32. The number of hydroxylamine groups is 1. The lowest BCUT2D eigenvalue weighted by Gasteiger charge is -2.27. The number of hydrogen-bond acceptors (Lipinski definition) is 4. The Morgan fingerprint density at radius 1 is 1.09 bits per heavy atom. The zero-order valence-electron chi connectivity index (χ0n) is 13.9. The van der Waals surface area contributed by atoms with Gasteiger partial charge in [0, 0.05) is 6.42 Å². The summed E-state index contributed by atoms with van der Waals surface area (Å²) < 4.78 is 29.6. The number of fused-ring (bicyclic) bond motifs is 2. The maximum absolute atomic E-state index is 12.3. The van der Waals surface area contributed by atoms with Gasteiger partial charge in [0.25, 0.3) is 5.91 Å². The van der Waals surface area contributed by atoms with Crippen LogP contribution in [-0.2, 0) is 25.6 Å². The lowest BCUT2D eigenvalue weighted by atomic mass is 10.0. The van der Waals surface area contributed by atoms with Crippen LogP contribution in [0.2, 0.25) is 0 Å². The smallest absolute Gasteiger partial charge is 0.272 e. The van der Waals surface area contributed by atoms with Crippen LogP contribution in [0, 0.1) is 0 Å². The van der Waals surface area contributed by atoms with Gasteiger partial charge in [0.1, 0.15) is 4.90 Å². The third-order valence-corrected chi connectivity index (χ3v) is 5.23. The van der Waals surface area contributed by atoms with E-state index in [1.807, 2.05) is 6.92 Å². The first-order chi connectivity index (χ1) is 11.0. The maximum Gasteiger partial charge on any atom is 0.318 e. The topological polar surface area (TPSA) is 63.7 Å². The minimum Gasteiger partial charge on any atom is -0.272 e. The number of hydrogen-bond donors (Lipinski definition) is 0. The summed E-state index contributed by atoms with van der Waals surface area (Å²) >= 11 is 0. The van der Waals surface area contributed by atoms with Crippen molar-refractivity contribution in [3.63, 3.8) is 0 Å². The summed E-state index contributed by atoms with van der Waals surface area (Å²) in [4.78, 5) is 12.2. The number of aryl methyl sites for hydroxylation is 1. The Kier molecular flexibility index (Phi) is 6.18. The van der Waals surface area contributed by atoms with Crippen molar-refractivity contribution >= 4 is 21.7 Å². The Bertz CT molecular complexity index is 655. The molecule has 1 aromatic rings. The predicted octanol–water partition coefficient (Wildman–Crippen LogP) is 3.97. The van der Waals surface area contributed by atoms with Gasteiger partial charge in [-0.3, -0.25) is 4.79 Å². The predicted molar refractivity (Wildman–Crippen MR) is 89.6 cm³/mol. The van der Waals surface area contributed by atoms with Crippen LogP contribution in [-0.4, -0.2) is 14.3 Å². The minimum atomic E-state index is -3.91. The zero-order chi connectivity index (χ0) is 16.9. The van der Waals surface area contributed by atoms with E-state index in [2.05, 4.69) is 6.92 Å². The van der Waals surface area contributed by atoms with Crippen molar-refractivity contribution < 1.29 is 17.5 Å². The molecule has 1 aliphatic heterocycles. The number of carbonyl (C=O) groups is 1. The van der Waals surface area contributed by atoms with Crippen molar-refractivity contribution in [2.24, 2.45) is 0 Å². The molecule has 0 spiro atoms. The molecule has 1 heterocycles. The molecular weight excluding hydrogens is 314 g/mol. The second-order valence-corrected chi connectivity index (χ2v) is 7.42. The molecular formula is C17H25NO4S. The van der Waals surface area contributed by atoms with Gasteiger partial charge in [-0.05, 0) is 37.0 Å². The summed E-state index contributed by atoms with van der Waals surface area (Å²) in [6, 6.07) is 5.11. The summed E-state index contributed by atoms with van der Waals surface area (Å²) in [7, 11) is -3.91. The lowest BCUT2D eigenvalue weighted by molar-refractivity contribution is -0.122. The van der Waals surface area contributed by atoms with Gasteiger partial charge in [-0.25, -0.2) is 0 Å². The largest absolute Gasteiger partial charge is 0.318 e. The Labute approximate surface area is 138 Å². The molecule has 2 rings (SSSR count). The highest BCUT2D eigenvalue weighted by molar-refractivity contribution is 7.87. The molecule has 0 saturated heterocycles. The molecule has 6 heteroatoms. The highest BCUT2D eigenvalue weighted by Crippen LogP contribution is 2.33. The second kappa shape index (κ2) is 7.93. The van der Waals surface area contributed by atoms with Gasteiger partial charge in [0.05, 0.1) is 5.69 Å². The van der Waals surface area contributed by atoms with Crippen LogP contribution >= 0.6 is 0 Å². The summed E-state index contributed by atoms with van der Waals surface area (Å²) in [6.07, 6.45) is 7.23. The van der Waals surface area contributed by atoms with Crippen molar-refractivity contribution in [3.8, 4) is 0 Å². The van der Waals surface area contributed by atoms with Crippen molar-refractivity contribution in [1.29, 1.82) is 0 Å². The monoisotopic (exact) mass is 339 g/mol. The van der Waals surface area contributed by atoms with Crippen LogP contribution in [0.1, 0.15) is 64.4 Å². The minimum absolute atomic E-state index is 0.200. The van der Waals surface area contributed by atoms with Crippen molar-refractivity contribution in [1.82, 2.24) is 0 Å². The number of carbonyl (C=O) groups excluding carboxylic acids is 1. The molecule has 0 atom stereocenters. The first-order valence-corrected chi connectivity index (χ1v) is 9.81. The van der Waals surface area contributed by atoms with Gasteiger partial charge in [-0.2, -0.15) is 13.5 Å². The molecule has 0 aromatic heterocycles. The van der Waals surface area contributed by atoms with E-state index >= 15 is 0 Å². The van der Waals surface area contributed by atoms with E-state index in [1.54, 1.807) is 18.2 Å². The van der Waals surface area contributed by atoms with Crippen molar-refractivity contribution in [3.05, 3.63) is 23.8 Å². The summed E-state index contributed by atoms with van der Waals surface area (Å²) in [6.45, 7) is 4.03. The Morgan fingerprint density at radius 3 is 2.52 bits per heavy atom. The fraction of sp³-hybridized carbons (Fsp3) is 0.588. The second-order valence-electron chi connectivity index (χ2n) is 5.92. The first kappa shape index (κ1) is 17.9. The van der Waals surface area contributed by atoms with E-state index in [0.29, 0.717) is 18.5 Å². The fourth-order valence-electron chi connectivity index (χ4n) is 2.71. The van der Waals surface area contributed by atoms with Crippen LogP contribution in [0.15, 0.2) is 23.1 Å². The molecule has 0 unspecified atom stereocenters. The van der Waals surface area contributed by atoms with E-state index in [9.17, 15) is 13.2 Å². The number of anilines is 1. The van der Waals surface area contributed by atoms with E-state index in [1.165, 1.54) is 19.3 Å². The third-order valence-electron chi connectivity index (χ3n) is 3.97. The van der Waals surface area contributed by atoms with E-state index < -0.39 is 10.1 Å². The van der Waals surface area contributed by atoms with E-state index in [4.69, 9.17) is 4.28 Å². The molecule has 0 saturated carbocycles. The van der Waals surface area contributed by atoms with Gasteiger partial charge in [-0.15, -0.1) is 4.28 Å². The van der Waals surface area contributed by atoms with Gasteiger partial charge in [0.2, 0.25) is 0 Å². The average molecular weight is 339 g/mol. The SMILES string of the molecule is CCCCCCCc1ccc2cc1S(=O)(=O)ON2C(=O)CCC. The molecule has 0 N–H and O–H groups in total. The molecule has 1 aromatic carbocycles. The molecule has 23 heavy (non-hydrogen) atoms. The Hall–Kier alpha value is -1.40. The van der Waals surface area contributed by atoms with Crippen molar-refractivity contribution in [2.75, 3.05) is 5.06 Å². The highest BCUT2D eigenvalue weighted by Gasteiger charge is 2.33. The normalized spacial score (nSPS) is 15.7. The van der Waals surface area contributed by atoms with E-state index in [-0.39, 0.29) is 17.2 Å². The molecule has 0 aliphatic carbocycles. The lowest BCUT2D eigenvalue weighted by Crippen LogP contribution is -2.36. The number of unbranched alkanes of at least 4 members (excludes halogenated alkanes) is 4. The Balaban J connectivity index is 2.14. The number of amides is 1. The van der Waals surface area contributed by atoms with Gasteiger partial charge in [0.15, 0.2) is 0 Å². The number of nitrogens with zero attached hydrogens (tertiary/aromatic N) is 1. The fourth-order valence-corrected chi connectivity index (χ4v) is 3.91. The van der Waals surface area contributed by atoms with Crippen LogP contribution < -0.4 is 5.06 Å². The van der Waals surface area contributed by atoms with Crippen LogP contribution in [0.4, 0.5) is 5.69 Å². The zero-order valence-corrected chi connectivity index (χ0v) is 14.7. The van der Waals surface area contributed by atoms with Gasteiger partial charge in [-0.1, -0.05) is 45.6 Å². The first-order valence-electron chi connectivity index (χ1n) is 8.40.